The van der Waals surface area contributed by atoms with E-state index in [1.165, 1.54) is 0 Å². The number of amides is 1. The van der Waals surface area contributed by atoms with Crippen LogP contribution in [-0.2, 0) is 9.53 Å². The Balaban J connectivity index is 1.56. The highest BCUT2D eigenvalue weighted by Crippen LogP contribution is 2.29. The number of aryl methyl sites for hydroxylation is 1. The van der Waals surface area contributed by atoms with E-state index in [9.17, 15) is 4.79 Å². The number of likely N-dealkylation sites (tertiary alicyclic amines) is 1. The number of nitrogens with zero attached hydrogens (tertiary/aromatic N) is 4. The van der Waals surface area contributed by atoms with E-state index in [-0.39, 0.29) is 18.1 Å². The van der Waals surface area contributed by atoms with Crippen LogP contribution in [0, 0.1) is 6.92 Å². The molecule has 4 rings (SSSR count). The number of aromatic nitrogens is 2. The fourth-order valence-electron chi connectivity index (χ4n) is 4.42. The Morgan fingerprint density at radius 2 is 1.97 bits per heavy atom. The molecule has 3 heterocycles. The molecule has 7 heteroatoms. The molecular weight excluding hydrogens is 368 g/mol. The van der Waals surface area contributed by atoms with Gasteiger partial charge in [0.25, 0.3) is 0 Å². The van der Waals surface area contributed by atoms with Gasteiger partial charge in [0.2, 0.25) is 11.9 Å². The van der Waals surface area contributed by atoms with Crippen molar-refractivity contribution in [2.24, 2.45) is 0 Å². The predicted molar refractivity (Wildman–Crippen MR) is 112 cm³/mol. The molecule has 1 atom stereocenters. The summed E-state index contributed by atoms with van der Waals surface area (Å²) >= 11 is 0. The molecule has 0 spiro atoms. The van der Waals surface area contributed by atoms with Crippen molar-refractivity contribution < 1.29 is 14.3 Å². The van der Waals surface area contributed by atoms with Gasteiger partial charge in [-0.2, -0.15) is 0 Å². The molecule has 2 aliphatic rings. The Kier molecular flexibility index (Phi) is 5.85. The number of piperidine rings is 1. The highest BCUT2D eigenvalue weighted by atomic mass is 16.5. The molecule has 2 saturated heterocycles. The number of anilines is 1. The topological polar surface area (TPSA) is 67.8 Å². The van der Waals surface area contributed by atoms with E-state index in [1.807, 2.05) is 36.9 Å². The maximum atomic E-state index is 13.2. The number of hydrogen-bond acceptors (Lipinski definition) is 6. The Morgan fingerprint density at radius 1 is 1.17 bits per heavy atom. The molecule has 2 fully saturated rings. The summed E-state index contributed by atoms with van der Waals surface area (Å²) in [5, 5.41) is 0.989. The SMILES string of the molecule is CCOc1ccc2nc(N3CCC[C@@H]3C(=O)N3CCC(OC)CC3)nc(C)c2c1. The van der Waals surface area contributed by atoms with Crippen molar-refractivity contribution >= 4 is 22.8 Å². The average Bonchev–Trinajstić information content (AvgIpc) is 3.24. The van der Waals surface area contributed by atoms with Crippen molar-refractivity contribution in [2.75, 3.05) is 38.3 Å². The van der Waals surface area contributed by atoms with Crippen LogP contribution in [0.3, 0.4) is 0 Å². The monoisotopic (exact) mass is 398 g/mol. The van der Waals surface area contributed by atoms with Crippen LogP contribution in [0.1, 0.15) is 38.3 Å². The maximum absolute atomic E-state index is 13.2. The summed E-state index contributed by atoms with van der Waals surface area (Å²) in [5.41, 5.74) is 1.79. The van der Waals surface area contributed by atoms with Gasteiger partial charge in [-0.25, -0.2) is 9.97 Å². The molecule has 0 saturated carbocycles. The summed E-state index contributed by atoms with van der Waals surface area (Å²) < 4.78 is 11.0. The molecule has 2 aromatic rings. The molecule has 1 amide bonds. The second-order valence-electron chi connectivity index (χ2n) is 7.83. The van der Waals surface area contributed by atoms with Crippen LogP contribution in [0.2, 0.25) is 0 Å². The van der Waals surface area contributed by atoms with Crippen molar-refractivity contribution in [3.8, 4) is 5.75 Å². The van der Waals surface area contributed by atoms with Crippen molar-refractivity contribution in [2.45, 2.75) is 51.7 Å². The zero-order valence-corrected chi connectivity index (χ0v) is 17.6. The first-order valence-electron chi connectivity index (χ1n) is 10.6. The quantitative estimate of drug-likeness (QED) is 0.771. The van der Waals surface area contributed by atoms with E-state index in [0.29, 0.717) is 12.6 Å². The Hall–Kier alpha value is -2.41. The number of hydrogen-bond donors (Lipinski definition) is 0. The first-order valence-corrected chi connectivity index (χ1v) is 10.6. The lowest BCUT2D eigenvalue weighted by molar-refractivity contribution is -0.134. The molecule has 0 radical (unpaired) electrons. The molecule has 7 nitrogen and oxygen atoms in total. The van der Waals surface area contributed by atoms with E-state index >= 15 is 0 Å². The van der Waals surface area contributed by atoms with Gasteiger partial charge in [0.05, 0.1) is 23.9 Å². The molecule has 0 unspecified atom stereocenters. The number of methoxy groups -OCH3 is 1. The summed E-state index contributed by atoms with van der Waals surface area (Å²) in [6.45, 7) is 6.93. The molecule has 0 N–H and O–H groups in total. The number of carbonyl (C=O) groups is 1. The predicted octanol–water partition coefficient (Wildman–Crippen LogP) is 2.94. The second kappa shape index (κ2) is 8.53. The summed E-state index contributed by atoms with van der Waals surface area (Å²) in [6, 6.07) is 5.73. The van der Waals surface area contributed by atoms with Crippen molar-refractivity contribution in [3.63, 3.8) is 0 Å². The lowest BCUT2D eigenvalue weighted by Gasteiger charge is -2.35. The molecule has 2 aliphatic heterocycles. The molecule has 0 bridgehead atoms. The van der Waals surface area contributed by atoms with Gasteiger partial charge >= 0.3 is 0 Å². The molecular formula is C22H30N4O3. The number of rotatable bonds is 5. The number of ether oxygens (including phenoxy) is 2. The molecule has 156 valence electrons. The summed E-state index contributed by atoms with van der Waals surface area (Å²) in [6.07, 6.45) is 3.92. The van der Waals surface area contributed by atoms with Gasteiger partial charge in [0.1, 0.15) is 11.8 Å². The molecule has 1 aromatic heterocycles. The third-order valence-corrected chi connectivity index (χ3v) is 6.04. The number of benzene rings is 1. The van der Waals surface area contributed by atoms with E-state index in [1.54, 1.807) is 7.11 Å². The van der Waals surface area contributed by atoms with Gasteiger partial charge in [-0.3, -0.25) is 4.79 Å². The van der Waals surface area contributed by atoms with Crippen molar-refractivity contribution in [1.82, 2.24) is 14.9 Å². The third kappa shape index (κ3) is 4.01. The van der Waals surface area contributed by atoms with Crippen LogP contribution < -0.4 is 9.64 Å². The van der Waals surface area contributed by atoms with Crippen LogP contribution in [-0.4, -0.2) is 66.3 Å². The summed E-state index contributed by atoms with van der Waals surface area (Å²) in [7, 11) is 1.75. The van der Waals surface area contributed by atoms with Crippen LogP contribution in [0.15, 0.2) is 18.2 Å². The number of fused-ring (bicyclic) bond motifs is 1. The van der Waals surface area contributed by atoms with Gasteiger partial charge in [-0.05, 0) is 57.7 Å². The van der Waals surface area contributed by atoms with Gasteiger partial charge in [0.15, 0.2) is 0 Å². The summed E-state index contributed by atoms with van der Waals surface area (Å²) in [5.74, 6) is 1.68. The van der Waals surface area contributed by atoms with Crippen LogP contribution in [0.5, 0.6) is 5.75 Å². The Labute approximate surface area is 172 Å². The zero-order valence-electron chi connectivity index (χ0n) is 17.6. The van der Waals surface area contributed by atoms with E-state index in [4.69, 9.17) is 19.4 Å². The van der Waals surface area contributed by atoms with Gasteiger partial charge < -0.3 is 19.3 Å². The highest BCUT2D eigenvalue weighted by molar-refractivity contribution is 5.87. The normalized spacial score (nSPS) is 20.4. The Bertz CT molecular complexity index is 880. The van der Waals surface area contributed by atoms with Crippen molar-refractivity contribution in [3.05, 3.63) is 23.9 Å². The third-order valence-electron chi connectivity index (χ3n) is 6.04. The van der Waals surface area contributed by atoms with Gasteiger partial charge in [-0.1, -0.05) is 0 Å². The van der Waals surface area contributed by atoms with Gasteiger partial charge in [0, 0.05) is 32.1 Å². The fraction of sp³-hybridized carbons (Fsp3) is 0.591. The van der Waals surface area contributed by atoms with E-state index < -0.39 is 0 Å². The number of carbonyl (C=O) groups excluding carboxylic acids is 1. The highest BCUT2D eigenvalue weighted by Gasteiger charge is 2.36. The minimum Gasteiger partial charge on any atom is -0.494 e. The minimum atomic E-state index is -0.173. The largest absolute Gasteiger partial charge is 0.494 e. The van der Waals surface area contributed by atoms with E-state index in [2.05, 4.69) is 4.90 Å². The van der Waals surface area contributed by atoms with Gasteiger partial charge in [-0.15, -0.1) is 0 Å². The summed E-state index contributed by atoms with van der Waals surface area (Å²) in [4.78, 5) is 26.8. The standard InChI is InChI=1S/C22H30N4O3/c1-4-29-17-7-8-19-18(14-17)15(2)23-22(24-19)26-11-5-6-20(26)21(27)25-12-9-16(28-3)10-13-25/h7-8,14,16,20H,4-6,9-13H2,1-3H3/t20-/m1/s1. The lowest BCUT2D eigenvalue weighted by Crippen LogP contribution is -2.49. The van der Waals surface area contributed by atoms with Crippen molar-refractivity contribution in [1.29, 1.82) is 0 Å². The molecule has 1 aromatic carbocycles. The van der Waals surface area contributed by atoms with E-state index in [0.717, 1.165) is 67.7 Å². The Morgan fingerprint density at radius 3 is 2.69 bits per heavy atom. The first-order chi connectivity index (χ1) is 14.1. The zero-order chi connectivity index (χ0) is 20.4. The molecule has 0 aliphatic carbocycles. The smallest absolute Gasteiger partial charge is 0.245 e. The molecule has 29 heavy (non-hydrogen) atoms. The first kappa shape index (κ1) is 19.9. The van der Waals surface area contributed by atoms with Crippen LogP contribution in [0.25, 0.3) is 10.9 Å². The van der Waals surface area contributed by atoms with Crippen LogP contribution in [0.4, 0.5) is 5.95 Å². The maximum Gasteiger partial charge on any atom is 0.245 e. The average molecular weight is 399 g/mol. The second-order valence-corrected chi connectivity index (χ2v) is 7.83. The minimum absolute atomic E-state index is 0.173. The lowest BCUT2D eigenvalue weighted by atomic mass is 10.1. The van der Waals surface area contributed by atoms with Crippen LogP contribution >= 0.6 is 0 Å². The fourth-order valence-corrected chi connectivity index (χ4v) is 4.42.